The molecule has 0 radical (unpaired) electrons. The largest absolute Gasteiger partial charge is 0.508 e. The smallest absolute Gasteiger partial charge is 0.251 e. The van der Waals surface area contributed by atoms with Gasteiger partial charge in [0, 0.05) is 29.9 Å². The first kappa shape index (κ1) is 24.9. The van der Waals surface area contributed by atoms with Crippen molar-refractivity contribution < 1.29 is 9.90 Å². The van der Waals surface area contributed by atoms with Gasteiger partial charge in [0.15, 0.2) is 5.96 Å². The van der Waals surface area contributed by atoms with E-state index in [0.29, 0.717) is 24.7 Å². The molecular weight excluding hydrogens is 487 g/mol. The zero-order valence-electron chi connectivity index (χ0n) is 16.7. The second-order valence-corrected chi connectivity index (χ2v) is 8.23. The Morgan fingerprint density at radius 3 is 2.64 bits per heavy atom. The number of benzene rings is 1. The number of thioether (sulfide) groups is 1. The number of rotatable bonds is 8. The third-order valence-electron chi connectivity index (χ3n) is 4.51. The van der Waals surface area contributed by atoms with Crippen molar-refractivity contribution >= 4 is 47.6 Å². The summed E-state index contributed by atoms with van der Waals surface area (Å²) in [7, 11) is 0. The Labute approximate surface area is 189 Å². The number of hydrogen-bond acceptors (Lipinski definition) is 4. The van der Waals surface area contributed by atoms with E-state index in [4.69, 9.17) is 0 Å². The third kappa shape index (κ3) is 8.89. The number of aromatic hydroxyl groups is 1. The molecule has 1 fully saturated rings. The maximum atomic E-state index is 12.1. The van der Waals surface area contributed by atoms with E-state index in [2.05, 4.69) is 46.6 Å². The fraction of sp³-hybridized carbons (Fsp3) is 0.600. The summed E-state index contributed by atoms with van der Waals surface area (Å²) >= 11 is 2.06. The Bertz CT molecular complexity index is 611. The van der Waals surface area contributed by atoms with Crippen LogP contribution in [0.4, 0.5) is 0 Å². The lowest BCUT2D eigenvalue weighted by Gasteiger charge is -2.30. The molecule has 0 heterocycles. The molecule has 0 saturated heterocycles. The van der Waals surface area contributed by atoms with E-state index in [1.807, 2.05) is 0 Å². The minimum Gasteiger partial charge on any atom is -0.508 e. The number of aliphatic imine (C=N–C) groups is 1. The number of guanidine groups is 1. The van der Waals surface area contributed by atoms with Crippen LogP contribution in [0.3, 0.4) is 0 Å². The summed E-state index contributed by atoms with van der Waals surface area (Å²) in [4.78, 5) is 16.7. The van der Waals surface area contributed by atoms with Crippen LogP contribution in [0.1, 0.15) is 49.9 Å². The molecule has 2 unspecified atom stereocenters. The summed E-state index contributed by atoms with van der Waals surface area (Å²) in [5, 5.41) is 19.7. The van der Waals surface area contributed by atoms with Gasteiger partial charge in [-0.05, 0) is 56.2 Å². The van der Waals surface area contributed by atoms with Crippen molar-refractivity contribution in [2.75, 3.05) is 25.4 Å². The van der Waals surface area contributed by atoms with Gasteiger partial charge in [0.2, 0.25) is 0 Å². The van der Waals surface area contributed by atoms with Crippen molar-refractivity contribution in [1.82, 2.24) is 16.0 Å². The van der Waals surface area contributed by atoms with Crippen molar-refractivity contribution in [2.24, 2.45) is 4.99 Å². The van der Waals surface area contributed by atoms with E-state index >= 15 is 0 Å². The predicted molar refractivity (Wildman–Crippen MR) is 129 cm³/mol. The van der Waals surface area contributed by atoms with Gasteiger partial charge >= 0.3 is 0 Å². The van der Waals surface area contributed by atoms with Crippen molar-refractivity contribution in [2.45, 2.75) is 50.8 Å². The number of carbonyl (C=O) groups is 1. The summed E-state index contributed by atoms with van der Waals surface area (Å²) in [6.45, 7) is 6.07. The van der Waals surface area contributed by atoms with Gasteiger partial charge in [-0.25, -0.2) is 0 Å². The molecule has 4 N–H and O–H groups in total. The van der Waals surface area contributed by atoms with Crippen LogP contribution < -0.4 is 16.0 Å². The topological polar surface area (TPSA) is 85.8 Å². The molecule has 2 rings (SSSR count). The predicted octanol–water partition coefficient (Wildman–Crippen LogP) is 3.36. The number of halogens is 1. The molecule has 0 aromatic heterocycles. The van der Waals surface area contributed by atoms with Gasteiger partial charge in [-0.1, -0.05) is 13.3 Å². The third-order valence-corrected chi connectivity index (χ3v) is 5.74. The normalized spacial score (nSPS) is 19.4. The van der Waals surface area contributed by atoms with E-state index in [-0.39, 0.29) is 35.6 Å². The number of nitrogens with zero attached hydrogens (tertiary/aromatic N) is 1. The standard InChI is InChI=1S/C20H32N4O2S.HI/c1-3-21-20(24-16-6-5-7-18(14-16)27-4-2)23-13-12-22-19(26)15-8-10-17(25)11-9-15;/h8-11,16,18,25H,3-7,12-14H2,1-2H3,(H,22,26)(H2,21,23,24);1H. The second-order valence-electron chi connectivity index (χ2n) is 6.65. The van der Waals surface area contributed by atoms with Crippen molar-refractivity contribution in [3.63, 3.8) is 0 Å². The van der Waals surface area contributed by atoms with Crippen molar-refractivity contribution in [3.8, 4) is 5.75 Å². The average Bonchev–Trinajstić information content (AvgIpc) is 2.66. The molecule has 28 heavy (non-hydrogen) atoms. The lowest BCUT2D eigenvalue weighted by atomic mass is 9.95. The van der Waals surface area contributed by atoms with Crippen LogP contribution in [-0.4, -0.2) is 53.7 Å². The molecule has 0 spiro atoms. The maximum absolute atomic E-state index is 12.1. The molecule has 8 heteroatoms. The summed E-state index contributed by atoms with van der Waals surface area (Å²) in [6.07, 6.45) is 4.94. The first-order valence-corrected chi connectivity index (χ1v) is 10.9. The van der Waals surface area contributed by atoms with E-state index in [1.165, 1.54) is 43.6 Å². The maximum Gasteiger partial charge on any atom is 0.251 e. The zero-order chi connectivity index (χ0) is 19.5. The minimum atomic E-state index is -0.158. The first-order valence-electron chi connectivity index (χ1n) is 9.86. The van der Waals surface area contributed by atoms with Gasteiger partial charge in [-0.3, -0.25) is 9.79 Å². The summed E-state index contributed by atoms with van der Waals surface area (Å²) in [5.41, 5.74) is 0.531. The van der Waals surface area contributed by atoms with Crippen LogP contribution in [0.2, 0.25) is 0 Å². The van der Waals surface area contributed by atoms with E-state index in [0.717, 1.165) is 17.8 Å². The van der Waals surface area contributed by atoms with Gasteiger partial charge in [-0.15, -0.1) is 24.0 Å². The molecule has 0 aliphatic heterocycles. The quantitative estimate of drug-likeness (QED) is 0.183. The van der Waals surface area contributed by atoms with Crippen molar-refractivity contribution in [1.29, 1.82) is 0 Å². The fourth-order valence-corrected chi connectivity index (χ4v) is 4.40. The van der Waals surface area contributed by atoms with Crippen LogP contribution in [0.5, 0.6) is 5.75 Å². The first-order chi connectivity index (χ1) is 13.1. The molecule has 1 aromatic rings. The second kappa shape index (κ2) is 13.9. The SMILES string of the molecule is CCNC(=NCCNC(=O)c1ccc(O)cc1)NC1CCCC(SCC)C1.I. The summed E-state index contributed by atoms with van der Waals surface area (Å²) in [6, 6.07) is 6.69. The Morgan fingerprint density at radius 1 is 1.21 bits per heavy atom. The highest BCUT2D eigenvalue weighted by Gasteiger charge is 2.22. The molecular formula is C20H33IN4O2S. The highest BCUT2D eigenvalue weighted by atomic mass is 127. The average molecular weight is 520 g/mol. The highest BCUT2D eigenvalue weighted by Crippen LogP contribution is 2.28. The molecule has 1 saturated carbocycles. The fourth-order valence-electron chi connectivity index (χ4n) is 3.23. The van der Waals surface area contributed by atoms with E-state index in [1.54, 1.807) is 12.1 Å². The van der Waals surface area contributed by atoms with Crippen molar-refractivity contribution in [3.05, 3.63) is 29.8 Å². The Kier molecular flexibility index (Phi) is 12.4. The van der Waals surface area contributed by atoms with Crippen LogP contribution in [0.15, 0.2) is 29.3 Å². The molecule has 1 aliphatic rings. The van der Waals surface area contributed by atoms with Crippen LogP contribution in [0, 0.1) is 0 Å². The summed E-state index contributed by atoms with van der Waals surface area (Å²) < 4.78 is 0. The number of nitrogens with one attached hydrogen (secondary N) is 3. The molecule has 1 aromatic carbocycles. The Balaban J connectivity index is 0.00000392. The number of amides is 1. The van der Waals surface area contributed by atoms with Gasteiger partial charge in [0.1, 0.15) is 5.75 Å². The highest BCUT2D eigenvalue weighted by molar-refractivity contribution is 14.0. The van der Waals surface area contributed by atoms with Gasteiger partial charge in [-0.2, -0.15) is 11.8 Å². The van der Waals surface area contributed by atoms with Gasteiger partial charge < -0.3 is 21.1 Å². The van der Waals surface area contributed by atoms with E-state index in [9.17, 15) is 9.90 Å². The van der Waals surface area contributed by atoms with Gasteiger partial charge in [0.05, 0.1) is 6.54 Å². The minimum absolute atomic E-state index is 0. The monoisotopic (exact) mass is 520 g/mol. The number of phenolic OH excluding ortho intramolecular Hbond substituents is 1. The Morgan fingerprint density at radius 2 is 1.96 bits per heavy atom. The molecule has 158 valence electrons. The van der Waals surface area contributed by atoms with Crippen LogP contribution in [-0.2, 0) is 0 Å². The molecule has 0 bridgehead atoms. The number of carbonyl (C=O) groups excluding carboxylic acids is 1. The molecule has 1 amide bonds. The Hall–Kier alpha value is -1.16. The van der Waals surface area contributed by atoms with Gasteiger partial charge in [0.25, 0.3) is 5.91 Å². The zero-order valence-corrected chi connectivity index (χ0v) is 19.9. The molecule has 1 aliphatic carbocycles. The molecule has 6 nitrogen and oxygen atoms in total. The van der Waals surface area contributed by atoms with Crippen LogP contribution >= 0.6 is 35.7 Å². The number of phenols is 1. The van der Waals surface area contributed by atoms with E-state index < -0.39 is 0 Å². The lowest BCUT2D eigenvalue weighted by molar-refractivity contribution is 0.0955. The number of hydrogen-bond donors (Lipinski definition) is 4. The molecule has 2 atom stereocenters. The van der Waals surface area contributed by atoms with Crippen LogP contribution in [0.25, 0.3) is 0 Å². The lowest BCUT2D eigenvalue weighted by Crippen LogP contribution is -2.46. The summed E-state index contributed by atoms with van der Waals surface area (Å²) in [5.74, 6) is 1.99.